The van der Waals surface area contributed by atoms with Gasteiger partial charge in [0.15, 0.2) is 0 Å². The zero-order chi connectivity index (χ0) is 14.5. The van der Waals surface area contributed by atoms with Crippen molar-refractivity contribution in [2.24, 2.45) is 0 Å². The number of benzene rings is 1. The molecule has 1 rings (SSSR count). The van der Waals surface area contributed by atoms with E-state index in [2.05, 4.69) is 0 Å². The van der Waals surface area contributed by atoms with Crippen molar-refractivity contribution in [3.05, 3.63) is 18.2 Å². The Morgan fingerprint density at radius 1 is 1.26 bits per heavy atom. The van der Waals surface area contributed by atoms with Crippen molar-refractivity contribution in [1.29, 1.82) is 0 Å². The summed E-state index contributed by atoms with van der Waals surface area (Å²) < 4.78 is 35.3. The van der Waals surface area contributed by atoms with Gasteiger partial charge in [-0.2, -0.15) is 0 Å². The first-order valence-corrected chi connectivity index (χ1v) is 7.27. The Morgan fingerprint density at radius 3 is 2.47 bits per heavy atom. The van der Waals surface area contributed by atoms with Crippen molar-refractivity contribution < 1.29 is 17.9 Å². The van der Waals surface area contributed by atoms with Crippen molar-refractivity contribution in [2.75, 3.05) is 40.2 Å². The van der Waals surface area contributed by atoms with Gasteiger partial charge in [0.2, 0.25) is 10.0 Å². The molecule has 0 aliphatic carbocycles. The molecule has 1 aromatic carbocycles. The fourth-order valence-electron chi connectivity index (χ4n) is 1.41. The fourth-order valence-corrected chi connectivity index (χ4v) is 2.35. The Morgan fingerprint density at radius 2 is 1.95 bits per heavy atom. The number of sulfonamides is 1. The van der Waals surface area contributed by atoms with Crippen molar-refractivity contribution in [3.8, 4) is 5.75 Å². The summed E-state index contributed by atoms with van der Waals surface area (Å²) in [6.45, 7) is 1.07. The second kappa shape index (κ2) is 6.74. The molecule has 2 N–H and O–H groups in total. The third-order valence-corrected chi connectivity index (χ3v) is 4.32. The number of ether oxygens (including phenoxy) is 2. The zero-order valence-electron chi connectivity index (χ0n) is 11.4. The lowest BCUT2D eigenvalue weighted by atomic mass is 10.3. The molecule has 7 heteroatoms. The molecule has 0 unspecified atom stereocenters. The number of methoxy groups -OCH3 is 1. The zero-order valence-corrected chi connectivity index (χ0v) is 12.2. The van der Waals surface area contributed by atoms with Gasteiger partial charge in [0.05, 0.1) is 17.2 Å². The Hall–Kier alpha value is -1.31. The van der Waals surface area contributed by atoms with Crippen molar-refractivity contribution in [2.45, 2.75) is 11.3 Å². The highest BCUT2D eigenvalue weighted by Crippen LogP contribution is 2.26. The molecule has 0 fully saturated rings. The Labute approximate surface area is 114 Å². The highest BCUT2D eigenvalue weighted by Gasteiger charge is 2.18. The van der Waals surface area contributed by atoms with Crippen LogP contribution < -0.4 is 10.5 Å². The lowest BCUT2D eigenvalue weighted by Crippen LogP contribution is -2.22. The maximum atomic E-state index is 11.9. The summed E-state index contributed by atoms with van der Waals surface area (Å²) in [7, 11) is 1.10. The Bertz CT molecular complexity index is 514. The van der Waals surface area contributed by atoms with E-state index in [4.69, 9.17) is 15.2 Å². The van der Waals surface area contributed by atoms with Crippen LogP contribution in [0.1, 0.15) is 6.42 Å². The molecular weight excluding hydrogens is 268 g/mol. The lowest BCUT2D eigenvalue weighted by Gasteiger charge is -2.13. The fraction of sp³-hybridized carbons (Fsp3) is 0.500. The van der Waals surface area contributed by atoms with Gasteiger partial charge in [0.25, 0.3) is 0 Å². The van der Waals surface area contributed by atoms with E-state index in [9.17, 15) is 8.42 Å². The minimum Gasteiger partial charge on any atom is -0.491 e. The summed E-state index contributed by atoms with van der Waals surface area (Å²) in [5.74, 6) is 0.480. The molecule has 0 saturated heterocycles. The van der Waals surface area contributed by atoms with Gasteiger partial charge in [-0.25, -0.2) is 12.7 Å². The van der Waals surface area contributed by atoms with E-state index in [-0.39, 0.29) is 4.90 Å². The molecule has 0 atom stereocenters. The molecule has 0 aromatic heterocycles. The van der Waals surface area contributed by atoms with Gasteiger partial charge in [-0.3, -0.25) is 0 Å². The van der Waals surface area contributed by atoms with Gasteiger partial charge in [0.1, 0.15) is 5.75 Å². The molecule has 19 heavy (non-hydrogen) atoms. The summed E-state index contributed by atoms with van der Waals surface area (Å²) in [5.41, 5.74) is 6.10. The first-order chi connectivity index (χ1) is 8.89. The molecule has 0 radical (unpaired) electrons. The molecular formula is C12H20N2O4S. The number of rotatable bonds is 7. The highest BCUT2D eigenvalue weighted by molar-refractivity contribution is 7.89. The number of hydrogen-bond acceptors (Lipinski definition) is 5. The summed E-state index contributed by atoms with van der Waals surface area (Å²) in [6.07, 6.45) is 0.744. The maximum Gasteiger partial charge on any atom is 0.242 e. The van der Waals surface area contributed by atoms with Gasteiger partial charge < -0.3 is 15.2 Å². The van der Waals surface area contributed by atoms with Crippen molar-refractivity contribution in [3.63, 3.8) is 0 Å². The van der Waals surface area contributed by atoms with Gasteiger partial charge in [-0.1, -0.05) is 0 Å². The third kappa shape index (κ3) is 4.09. The molecule has 0 saturated carbocycles. The van der Waals surface area contributed by atoms with E-state index in [1.165, 1.54) is 26.2 Å². The Kier molecular flexibility index (Phi) is 5.59. The van der Waals surface area contributed by atoms with Crippen LogP contribution >= 0.6 is 0 Å². The predicted molar refractivity (Wildman–Crippen MR) is 73.7 cm³/mol. The van der Waals surface area contributed by atoms with Crippen LogP contribution in [0.25, 0.3) is 0 Å². The molecule has 0 amide bonds. The molecule has 6 nitrogen and oxygen atoms in total. The largest absolute Gasteiger partial charge is 0.491 e. The predicted octanol–water partition coefficient (Wildman–Crippen LogP) is 0.934. The molecule has 0 aliphatic rings. The van der Waals surface area contributed by atoms with Gasteiger partial charge in [0, 0.05) is 34.2 Å². The second-order valence-electron chi connectivity index (χ2n) is 4.18. The SMILES string of the molecule is COCCCOc1ccc(S(=O)(=O)N(C)C)cc1N. The smallest absolute Gasteiger partial charge is 0.242 e. The minimum atomic E-state index is -3.47. The number of hydrogen-bond donors (Lipinski definition) is 1. The average molecular weight is 288 g/mol. The normalized spacial score (nSPS) is 11.8. The third-order valence-electron chi connectivity index (χ3n) is 2.51. The molecule has 0 aliphatic heterocycles. The van der Waals surface area contributed by atoms with E-state index < -0.39 is 10.0 Å². The topological polar surface area (TPSA) is 81.9 Å². The maximum absolute atomic E-state index is 11.9. The van der Waals surface area contributed by atoms with E-state index in [0.717, 1.165) is 10.7 Å². The van der Waals surface area contributed by atoms with Gasteiger partial charge >= 0.3 is 0 Å². The van der Waals surface area contributed by atoms with Crippen LogP contribution in [0.4, 0.5) is 5.69 Å². The minimum absolute atomic E-state index is 0.152. The molecule has 0 spiro atoms. The second-order valence-corrected chi connectivity index (χ2v) is 6.33. The summed E-state index contributed by atoms with van der Waals surface area (Å²) in [4.78, 5) is 0.152. The van der Waals surface area contributed by atoms with E-state index in [0.29, 0.717) is 24.7 Å². The first kappa shape index (κ1) is 15.7. The van der Waals surface area contributed by atoms with Gasteiger partial charge in [-0.15, -0.1) is 0 Å². The first-order valence-electron chi connectivity index (χ1n) is 5.83. The number of nitrogens with zero attached hydrogens (tertiary/aromatic N) is 1. The van der Waals surface area contributed by atoms with Crippen molar-refractivity contribution >= 4 is 15.7 Å². The lowest BCUT2D eigenvalue weighted by molar-refractivity contribution is 0.172. The molecule has 108 valence electrons. The average Bonchev–Trinajstić information content (AvgIpc) is 2.35. The Balaban J connectivity index is 2.81. The van der Waals surface area contributed by atoms with Crippen LogP contribution in [0.3, 0.4) is 0 Å². The van der Waals surface area contributed by atoms with Crippen LogP contribution in [0, 0.1) is 0 Å². The van der Waals surface area contributed by atoms with Crippen LogP contribution in [0.15, 0.2) is 23.1 Å². The van der Waals surface area contributed by atoms with Crippen LogP contribution in [0.5, 0.6) is 5.75 Å². The number of nitrogen functional groups attached to an aromatic ring is 1. The summed E-state index contributed by atoms with van der Waals surface area (Å²) in [6, 6.07) is 4.46. The van der Waals surface area contributed by atoms with Crippen LogP contribution in [-0.2, 0) is 14.8 Å². The summed E-state index contributed by atoms with van der Waals surface area (Å²) in [5, 5.41) is 0. The van der Waals surface area contributed by atoms with Crippen LogP contribution in [-0.4, -0.2) is 47.1 Å². The van der Waals surface area contributed by atoms with E-state index >= 15 is 0 Å². The van der Waals surface area contributed by atoms with Crippen molar-refractivity contribution in [1.82, 2.24) is 4.31 Å². The van der Waals surface area contributed by atoms with Gasteiger partial charge in [-0.05, 0) is 18.2 Å². The number of anilines is 1. The molecule has 0 bridgehead atoms. The monoisotopic (exact) mass is 288 g/mol. The summed E-state index contributed by atoms with van der Waals surface area (Å²) >= 11 is 0. The van der Waals surface area contributed by atoms with Crippen LogP contribution in [0.2, 0.25) is 0 Å². The quantitative estimate of drug-likeness (QED) is 0.596. The van der Waals surface area contributed by atoms with E-state index in [1.54, 1.807) is 13.2 Å². The molecule has 0 heterocycles. The highest BCUT2D eigenvalue weighted by atomic mass is 32.2. The van der Waals surface area contributed by atoms with E-state index in [1.807, 2.05) is 0 Å². The molecule has 1 aromatic rings. The number of nitrogens with two attached hydrogens (primary N) is 1. The standard InChI is InChI=1S/C12H20N2O4S/c1-14(2)19(15,16)10-5-6-12(11(13)9-10)18-8-4-7-17-3/h5-6,9H,4,7-8,13H2,1-3H3.